The monoisotopic (exact) mass is 400 g/mol. The number of fused-ring (bicyclic) bond motifs is 1. The molecule has 0 saturated heterocycles. The summed E-state index contributed by atoms with van der Waals surface area (Å²) in [6.45, 7) is 0.450. The van der Waals surface area contributed by atoms with Crippen molar-refractivity contribution in [2.45, 2.75) is 13.0 Å². The molecule has 150 valence electrons. The van der Waals surface area contributed by atoms with Gasteiger partial charge in [0.2, 0.25) is 0 Å². The molecule has 0 bridgehead atoms. The van der Waals surface area contributed by atoms with Crippen LogP contribution >= 0.6 is 0 Å². The summed E-state index contributed by atoms with van der Waals surface area (Å²) in [5, 5.41) is 19.6. The van der Waals surface area contributed by atoms with Crippen LogP contribution in [0.3, 0.4) is 0 Å². The van der Waals surface area contributed by atoms with E-state index in [0.717, 1.165) is 22.2 Å². The number of benzene rings is 3. The lowest BCUT2D eigenvalue weighted by Gasteiger charge is -2.09. The minimum atomic E-state index is -0.966. The molecule has 1 amide bonds. The topological polar surface area (TPSA) is 121 Å². The van der Waals surface area contributed by atoms with Gasteiger partial charge in [0.1, 0.15) is 0 Å². The van der Waals surface area contributed by atoms with Crippen LogP contribution in [-0.2, 0) is 17.8 Å². The first kappa shape index (κ1) is 19.4. The van der Waals surface area contributed by atoms with Crippen molar-refractivity contribution in [2.75, 3.05) is 5.32 Å². The SMILES string of the molecule is NCc1cccc(-c2ccc3[nH]nc(C(=O)Nc4ccccc4CC(=O)O)c3c2)c1. The molecule has 0 saturated carbocycles. The summed E-state index contributed by atoms with van der Waals surface area (Å²) in [7, 11) is 0. The zero-order chi connectivity index (χ0) is 21.1. The van der Waals surface area contributed by atoms with Crippen LogP contribution in [0.25, 0.3) is 22.0 Å². The lowest BCUT2D eigenvalue weighted by atomic mass is 10.0. The van der Waals surface area contributed by atoms with E-state index in [9.17, 15) is 9.59 Å². The number of aliphatic carboxylic acids is 1. The Labute approximate surface area is 172 Å². The van der Waals surface area contributed by atoms with Crippen molar-refractivity contribution >= 4 is 28.5 Å². The highest BCUT2D eigenvalue weighted by atomic mass is 16.4. The molecule has 0 radical (unpaired) electrons. The van der Waals surface area contributed by atoms with E-state index in [1.807, 2.05) is 42.5 Å². The van der Waals surface area contributed by atoms with Crippen molar-refractivity contribution in [1.82, 2.24) is 10.2 Å². The van der Waals surface area contributed by atoms with Crippen LogP contribution in [0.2, 0.25) is 0 Å². The van der Waals surface area contributed by atoms with Crippen molar-refractivity contribution in [3.8, 4) is 11.1 Å². The molecule has 0 aliphatic carbocycles. The van der Waals surface area contributed by atoms with Gasteiger partial charge >= 0.3 is 5.97 Å². The van der Waals surface area contributed by atoms with E-state index >= 15 is 0 Å². The Morgan fingerprint density at radius 3 is 2.60 bits per heavy atom. The highest BCUT2D eigenvalue weighted by Crippen LogP contribution is 2.27. The Morgan fingerprint density at radius 1 is 1.00 bits per heavy atom. The summed E-state index contributed by atoms with van der Waals surface area (Å²) in [6.07, 6.45) is -0.181. The summed E-state index contributed by atoms with van der Waals surface area (Å²) in [5.74, 6) is -1.38. The molecule has 7 heteroatoms. The molecule has 0 fully saturated rings. The van der Waals surface area contributed by atoms with E-state index < -0.39 is 11.9 Å². The highest BCUT2D eigenvalue weighted by molar-refractivity contribution is 6.12. The Balaban J connectivity index is 1.68. The first-order valence-corrected chi connectivity index (χ1v) is 9.43. The number of aromatic nitrogens is 2. The Kier molecular flexibility index (Phi) is 5.28. The predicted molar refractivity (Wildman–Crippen MR) is 115 cm³/mol. The molecule has 0 atom stereocenters. The standard InChI is InChI=1S/C23H20N4O3/c24-13-14-4-3-6-15(10-14)16-8-9-20-18(11-16)22(27-26-20)23(30)25-19-7-2-1-5-17(19)12-21(28)29/h1-11H,12-13,24H2,(H,25,30)(H,26,27)(H,28,29). The van der Waals surface area contributed by atoms with Crippen molar-refractivity contribution < 1.29 is 14.7 Å². The summed E-state index contributed by atoms with van der Waals surface area (Å²) >= 11 is 0. The second-order valence-corrected chi connectivity index (χ2v) is 6.92. The third-order valence-electron chi connectivity index (χ3n) is 4.88. The Bertz CT molecular complexity index is 1250. The average molecular weight is 400 g/mol. The minimum Gasteiger partial charge on any atom is -0.481 e. The van der Waals surface area contributed by atoms with Gasteiger partial charge < -0.3 is 16.2 Å². The van der Waals surface area contributed by atoms with Gasteiger partial charge in [0.15, 0.2) is 5.69 Å². The molecule has 0 spiro atoms. The molecule has 1 heterocycles. The second kappa shape index (κ2) is 8.18. The summed E-state index contributed by atoms with van der Waals surface area (Å²) < 4.78 is 0. The van der Waals surface area contributed by atoms with E-state index in [1.165, 1.54) is 0 Å². The number of carbonyl (C=O) groups excluding carboxylic acids is 1. The van der Waals surface area contributed by atoms with Crippen LogP contribution in [-0.4, -0.2) is 27.2 Å². The van der Waals surface area contributed by atoms with Gasteiger partial charge in [-0.2, -0.15) is 5.10 Å². The van der Waals surface area contributed by atoms with E-state index in [0.29, 0.717) is 23.2 Å². The lowest BCUT2D eigenvalue weighted by Crippen LogP contribution is -2.15. The maximum absolute atomic E-state index is 12.9. The molecule has 0 aliphatic heterocycles. The third kappa shape index (κ3) is 3.92. The smallest absolute Gasteiger partial charge is 0.307 e. The average Bonchev–Trinajstić information content (AvgIpc) is 3.18. The second-order valence-electron chi connectivity index (χ2n) is 6.92. The third-order valence-corrected chi connectivity index (χ3v) is 4.88. The molecule has 0 aliphatic rings. The van der Waals surface area contributed by atoms with E-state index in [1.54, 1.807) is 24.3 Å². The number of hydrogen-bond donors (Lipinski definition) is 4. The maximum Gasteiger partial charge on any atom is 0.307 e. The van der Waals surface area contributed by atoms with Gasteiger partial charge in [-0.1, -0.05) is 42.5 Å². The molecule has 7 nitrogen and oxygen atoms in total. The van der Waals surface area contributed by atoms with Crippen LogP contribution in [0.1, 0.15) is 21.6 Å². The van der Waals surface area contributed by atoms with E-state index in [-0.39, 0.29) is 12.1 Å². The molecular weight excluding hydrogens is 380 g/mol. The fourth-order valence-electron chi connectivity index (χ4n) is 3.39. The normalized spacial score (nSPS) is 10.8. The first-order valence-electron chi connectivity index (χ1n) is 9.43. The van der Waals surface area contributed by atoms with Crippen LogP contribution in [0.4, 0.5) is 5.69 Å². The van der Waals surface area contributed by atoms with Gasteiger partial charge in [0, 0.05) is 17.6 Å². The van der Waals surface area contributed by atoms with Crippen molar-refractivity contribution in [1.29, 1.82) is 0 Å². The maximum atomic E-state index is 12.9. The number of carboxylic acids is 1. The number of nitrogens with two attached hydrogens (primary N) is 1. The lowest BCUT2D eigenvalue weighted by molar-refractivity contribution is -0.136. The fraction of sp³-hybridized carbons (Fsp3) is 0.0870. The largest absolute Gasteiger partial charge is 0.481 e. The van der Waals surface area contributed by atoms with E-state index in [2.05, 4.69) is 15.5 Å². The predicted octanol–water partition coefficient (Wildman–Crippen LogP) is 3.57. The van der Waals surface area contributed by atoms with Gasteiger partial charge in [0.25, 0.3) is 5.91 Å². The quantitative estimate of drug-likeness (QED) is 0.394. The molecule has 1 aromatic heterocycles. The van der Waals surface area contributed by atoms with Gasteiger partial charge in [-0.15, -0.1) is 0 Å². The van der Waals surface area contributed by atoms with Gasteiger partial charge in [-0.3, -0.25) is 14.7 Å². The van der Waals surface area contributed by atoms with E-state index in [4.69, 9.17) is 10.8 Å². The van der Waals surface area contributed by atoms with Crippen LogP contribution in [0.5, 0.6) is 0 Å². The van der Waals surface area contributed by atoms with Crippen LogP contribution in [0.15, 0.2) is 66.7 Å². The first-order chi connectivity index (χ1) is 14.5. The van der Waals surface area contributed by atoms with Crippen LogP contribution in [0, 0.1) is 0 Å². The van der Waals surface area contributed by atoms with Crippen molar-refractivity contribution in [3.05, 3.63) is 83.6 Å². The van der Waals surface area contributed by atoms with Gasteiger partial charge in [-0.05, 0) is 46.5 Å². The number of rotatable bonds is 6. The number of aromatic amines is 1. The summed E-state index contributed by atoms with van der Waals surface area (Å²) in [4.78, 5) is 24.0. The fourth-order valence-corrected chi connectivity index (χ4v) is 3.39. The number of anilines is 1. The number of nitrogens with zero attached hydrogens (tertiary/aromatic N) is 1. The van der Waals surface area contributed by atoms with Gasteiger partial charge in [0.05, 0.1) is 11.9 Å². The Hall–Kier alpha value is -3.97. The molecule has 0 unspecified atom stereocenters. The highest BCUT2D eigenvalue weighted by Gasteiger charge is 2.17. The Morgan fingerprint density at radius 2 is 1.80 bits per heavy atom. The molecule has 30 heavy (non-hydrogen) atoms. The minimum absolute atomic E-state index is 0.181. The van der Waals surface area contributed by atoms with Gasteiger partial charge in [-0.25, -0.2) is 0 Å². The summed E-state index contributed by atoms with van der Waals surface area (Å²) in [5.41, 5.74) is 10.7. The zero-order valence-electron chi connectivity index (χ0n) is 16.1. The number of H-pyrrole nitrogens is 1. The molecular formula is C23H20N4O3. The molecule has 4 rings (SSSR count). The number of carbonyl (C=O) groups is 2. The number of amides is 1. The number of para-hydroxylation sites is 1. The zero-order valence-corrected chi connectivity index (χ0v) is 16.1. The molecule has 5 N–H and O–H groups in total. The molecule has 4 aromatic rings. The molecule has 3 aromatic carbocycles. The van der Waals surface area contributed by atoms with Crippen LogP contribution < -0.4 is 11.1 Å². The summed E-state index contributed by atoms with van der Waals surface area (Å²) in [6, 6.07) is 20.5. The number of hydrogen-bond acceptors (Lipinski definition) is 4. The number of carboxylic acid groups (broad SMARTS) is 1. The van der Waals surface area contributed by atoms with Crippen molar-refractivity contribution in [3.63, 3.8) is 0 Å². The number of nitrogens with one attached hydrogen (secondary N) is 2. The van der Waals surface area contributed by atoms with Crippen molar-refractivity contribution in [2.24, 2.45) is 5.73 Å².